The molecule has 0 aliphatic carbocycles. The molecule has 0 aromatic heterocycles. The van der Waals surface area contributed by atoms with Crippen LogP contribution in [0.1, 0.15) is 10.4 Å². The summed E-state index contributed by atoms with van der Waals surface area (Å²) in [6.45, 7) is 0. The van der Waals surface area contributed by atoms with Gasteiger partial charge in [-0.05, 0) is 41.5 Å². The van der Waals surface area contributed by atoms with Crippen molar-refractivity contribution in [3.05, 3.63) is 58.1 Å². The molecule has 0 spiro atoms. The van der Waals surface area contributed by atoms with Gasteiger partial charge in [-0.3, -0.25) is 4.79 Å². The lowest BCUT2D eigenvalue weighted by molar-refractivity contribution is 0.100. The highest BCUT2D eigenvalue weighted by molar-refractivity contribution is 6.31. The summed E-state index contributed by atoms with van der Waals surface area (Å²) in [5, 5.41) is 1.19. The van der Waals surface area contributed by atoms with Gasteiger partial charge in [0.2, 0.25) is 5.91 Å². The number of halogens is 2. The lowest BCUT2D eigenvalue weighted by atomic mass is 9.99. The summed E-state index contributed by atoms with van der Waals surface area (Å²) in [5.74, 6) is -0.480. The van der Waals surface area contributed by atoms with Gasteiger partial charge in [-0.1, -0.05) is 35.3 Å². The van der Waals surface area contributed by atoms with Gasteiger partial charge in [0.15, 0.2) is 0 Å². The summed E-state index contributed by atoms with van der Waals surface area (Å²) in [4.78, 5) is 11.3. The van der Waals surface area contributed by atoms with Crippen LogP contribution in [0.2, 0.25) is 10.0 Å². The molecule has 17 heavy (non-hydrogen) atoms. The van der Waals surface area contributed by atoms with Crippen LogP contribution in [0.5, 0.6) is 0 Å². The lowest BCUT2D eigenvalue weighted by Gasteiger charge is -2.07. The van der Waals surface area contributed by atoms with E-state index in [0.717, 1.165) is 5.56 Å². The third kappa shape index (κ3) is 2.60. The van der Waals surface area contributed by atoms with E-state index in [-0.39, 0.29) is 0 Å². The van der Waals surface area contributed by atoms with Gasteiger partial charge < -0.3 is 5.73 Å². The Balaban J connectivity index is 2.60. The van der Waals surface area contributed by atoms with Crippen molar-refractivity contribution in [1.29, 1.82) is 0 Å². The summed E-state index contributed by atoms with van der Waals surface area (Å²) < 4.78 is 0. The minimum atomic E-state index is -0.480. The Labute approximate surface area is 109 Å². The van der Waals surface area contributed by atoms with Gasteiger partial charge in [-0.2, -0.15) is 0 Å². The quantitative estimate of drug-likeness (QED) is 0.883. The number of hydrogen-bond acceptors (Lipinski definition) is 1. The molecule has 0 saturated heterocycles. The van der Waals surface area contributed by atoms with Crippen molar-refractivity contribution in [2.24, 2.45) is 5.73 Å². The first-order valence-electron chi connectivity index (χ1n) is 4.93. The van der Waals surface area contributed by atoms with Crippen molar-refractivity contribution < 1.29 is 4.79 Å². The minimum absolute atomic E-state index is 0.441. The Morgan fingerprint density at radius 1 is 0.941 bits per heavy atom. The van der Waals surface area contributed by atoms with Crippen LogP contribution in [0.3, 0.4) is 0 Å². The van der Waals surface area contributed by atoms with E-state index in [1.54, 1.807) is 30.3 Å². The smallest absolute Gasteiger partial charge is 0.249 e. The van der Waals surface area contributed by atoms with Gasteiger partial charge in [0.25, 0.3) is 0 Å². The van der Waals surface area contributed by atoms with Crippen molar-refractivity contribution in [2.75, 3.05) is 0 Å². The first-order chi connectivity index (χ1) is 8.08. The molecule has 0 unspecified atom stereocenters. The molecule has 86 valence electrons. The monoisotopic (exact) mass is 265 g/mol. The van der Waals surface area contributed by atoms with E-state index in [9.17, 15) is 4.79 Å². The van der Waals surface area contributed by atoms with Gasteiger partial charge in [-0.15, -0.1) is 0 Å². The molecule has 0 radical (unpaired) electrons. The van der Waals surface area contributed by atoms with E-state index >= 15 is 0 Å². The molecule has 0 aliphatic heterocycles. The summed E-state index contributed by atoms with van der Waals surface area (Å²) in [7, 11) is 0. The highest BCUT2D eigenvalue weighted by atomic mass is 35.5. The fraction of sp³-hybridized carbons (Fsp3) is 0. The SMILES string of the molecule is NC(=O)c1ccc(Cl)cc1-c1ccc(Cl)cc1. The first kappa shape index (κ1) is 12.0. The molecule has 2 aromatic rings. The number of hydrogen-bond donors (Lipinski definition) is 1. The Hall–Kier alpha value is -1.51. The number of rotatable bonds is 2. The second-order valence-corrected chi connectivity index (χ2v) is 4.43. The van der Waals surface area contributed by atoms with Crippen LogP contribution in [-0.2, 0) is 0 Å². The molecule has 2 nitrogen and oxygen atoms in total. The third-order valence-electron chi connectivity index (χ3n) is 2.40. The van der Waals surface area contributed by atoms with Crippen LogP contribution < -0.4 is 5.73 Å². The van der Waals surface area contributed by atoms with Crippen LogP contribution in [0.4, 0.5) is 0 Å². The van der Waals surface area contributed by atoms with E-state index in [4.69, 9.17) is 28.9 Å². The van der Waals surface area contributed by atoms with Crippen molar-refractivity contribution in [3.8, 4) is 11.1 Å². The minimum Gasteiger partial charge on any atom is -0.366 e. The number of primary amides is 1. The van der Waals surface area contributed by atoms with Gasteiger partial charge in [0.05, 0.1) is 0 Å². The van der Waals surface area contributed by atoms with Gasteiger partial charge in [0.1, 0.15) is 0 Å². The summed E-state index contributed by atoms with van der Waals surface area (Å²) in [6, 6.07) is 12.1. The van der Waals surface area contributed by atoms with E-state index in [0.29, 0.717) is 21.2 Å². The number of amides is 1. The maximum Gasteiger partial charge on any atom is 0.249 e. The van der Waals surface area contributed by atoms with Crippen molar-refractivity contribution in [1.82, 2.24) is 0 Å². The molecule has 0 bridgehead atoms. The molecule has 0 fully saturated rings. The zero-order valence-corrected chi connectivity index (χ0v) is 10.3. The van der Waals surface area contributed by atoms with Crippen molar-refractivity contribution in [3.63, 3.8) is 0 Å². The number of carbonyl (C=O) groups is 1. The fourth-order valence-corrected chi connectivity index (χ4v) is 1.90. The van der Waals surface area contributed by atoms with Gasteiger partial charge >= 0.3 is 0 Å². The topological polar surface area (TPSA) is 43.1 Å². The average Bonchev–Trinajstić information content (AvgIpc) is 2.29. The Morgan fingerprint density at radius 3 is 2.12 bits per heavy atom. The lowest BCUT2D eigenvalue weighted by Crippen LogP contribution is -2.12. The third-order valence-corrected chi connectivity index (χ3v) is 2.89. The van der Waals surface area contributed by atoms with Crippen molar-refractivity contribution in [2.45, 2.75) is 0 Å². The molecule has 4 heteroatoms. The molecule has 0 aliphatic rings. The highest BCUT2D eigenvalue weighted by Crippen LogP contribution is 2.27. The second kappa shape index (κ2) is 4.78. The Morgan fingerprint density at radius 2 is 1.53 bits per heavy atom. The Bertz CT molecular complexity index is 564. The molecule has 0 atom stereocenters. The molecule has 2 aromatic carbocycles. The van der Waals surface area contributed by atoms with Crippen LogP contribution in [0, 0.1) is 0 Å². The molecular formula is C13H9Cl2NO. The zero-order valence-electron chi connectivity index (χ0n) is 8.78. The van der Waals surface area contributed by atoms with Gasteiger partial charge in [-0.25, -0.2) is 0 Å². The van der Waals surface area contributed by atoms with Crippen LogP contribution in [0.15, 0.2) is 42.5 Å². The van der Waals surface area contributed by atoms with E-state index in [1.807, 2.05) is 12.1 Å². The number of nitrogens with two attached hydrogens (primary N) is 1. The van der Waals surface area contributed by atoms with Crippen LogP contribution in [0.25, 0.3) is 11.1 Å². The zero-order chi connectivity index (χ0) is 12.4. The molecule has 0 saturated carbocycles. The molecular weight excluding hydrogens is 257 g/mol. The van der Waals surface area contributed by atoms with Crippen molar-refractivity contribution >= 4 is 29.1 Å². The number of benzene rings is 2. The second-order valence-electron chi connectivity index (χ2n) is 3.56. The van der Waals surface area contributed by atoms with Gasteiger partial charge in [0, 0.05) is 15.6 Å². The fourth-order valence-electron chi connectivity index (χ4n) is 1.60. The summed E-state index contributed by atoms with van der Waals surface area (Å²) in [6.07, 6.45) is 0. The molecule has 0 heterocycles. The van der Waals surface area contributed by atoms with Crippen LogP contribution >= 0.6 is 23.2 Å². The van der Waals surface area contributed by atoms with E-state index < -0.39 is 5.91 Å². The van der Waals surface area contributed by atoms with Crippen LogP contribution in [-0.4, -0.2) is 5.91 Å². The van der Waals surface area contributed by atoms with E-state index in [2.05, 4.69) is 0 Å². The predicted molar refractivity (Wildman–Crippen MR) is 70.4 cm³/mol. The average molecular weight is 266 g/mol. The summed E-state index contributed by atoms with van der Waals surface area (Å²) in [5.41, 5.74) is 7.33. The standard InChI is InChI=1S/C13H9Cl2NO/c14-9-3-1-8(2-4-9)12-7-10(15)5-6-11(12)13(16)17/h1-7H,(H2,16,17). The highest BCUT2D eigenvalue weighted by Gasteiger charge is 2.10. The molecule has 2 N–H and O–H groups in total. The summed E-state index contributed by atoms with van der Waals surface area (Å²) >= 11 is 11.7. The first-order valence-corrected chi connectivity index (χ1v) is 5.69. The van der Waals surface area contributed by atoms with E-state index in [1.165, 1.54) is 0 Å². The molecule has 2 rings (SSSR count). The normalized spacial score (nSPS) is 10.2. The maximum absolute atomic E-state index is 11.3. The molecule has 1 amide bonds. The maximum atomic E-state index is 11.3. The predicted octanol–water partition coefficient (Wildman–Crippen LogP) is 3.76. The Kier molecular flexibility index (Phi) is 3.36. The number of carbonyl (C=O) groups excluding carboxylic acids is 1. The largest absolute Gasteiger partial charge is 0.366 e.